The molecule has 0 aliphatic heterocycles. The van der Waals surface area contributed by atoms with Crippen LogP contribution >= 0.6 is 0 Å². The summed E-state index contributed by atoms with van der Waals surface area (Å²) in [6, 6.07) is -1.73. The molecule has 0 aromatic heterocycles. The highest BCUT2D eigenvalue weighted by atomic mass is 16.6. The third-order valence-corrected chi connectivity index (χ3v) is 2.18. The molecule has 8 nitrogen and oxygen atoms in total. The molecule has 2 atom stereocenters. The Balaban J connectivity index is 3.76. The Hall–Kier alpha value is -1.80. The van der Waals surface area contributed by atoms with Crippen LogP contribution in [0.4, 0.5) is 0 Å². The number of nitrogens with two attached hydrogens (primary N) is 2. The molecule has 0 heterocycles. The van der Waals surface area contributed by atoms with Gasteiger partial charge < -0.3 is 20.9 Å². The van der Waals surface area contributed by atoms with E-state index in [4.69, 9.17) is 11.5 Å². The van der Waals surface area contributed by atoms with Crippen molar-refractivity contribution < 1.29 is 28.7 Å². The molecule has 0 amide bonds. The highest BCUT2D eigenvalue weighted by molar-refractivity contribution is 5.88. The maximum absolute atomic E-state index is 11.2. The fourth-order valence-corrected chi connectivity index (χ4v) is 1.05. The molecule has 20 heavy (non-hydrogen) atoms. The van der Waals surface area contributed by atoms with Crippen molar-refractivity contribution in [3.8, 4) is 0 Å². The first-order valence-corrected chi connectivity index (χ1v) is 6.24. The third kappa shape index (κ3) is 8.33. The SMILES string of the molecule is C[C@H](N)C(=O)OC(=O)CCCCC(=O)OC(=O)[C@H](C)N. The van der Waals surface area contributed by atoms with Gasteiger partial charge in [-0.05, 0) is 26.7 Å². The van der Waals surface area contributed by atoms with Crippen LogP contribution in [0.2, 0.25) is 0 Å². The molecule has 0 fully saturated rings. The zero-order chi connectivity index (χ0) is 15.7. The first kappa shape index (κ1) is 18.2. The molecular weight excluding hydrogens is 268 g/mol. The minimum atomic E-state index is -0.863. The summed E-state index contributed by atoms with van der Waals surface area (Å²) < 4.78 is 8.85. The first-order valence-electron chi connectivity index (χ1n) is 6.24. The molecule has 0 radical (unpaired) electrons. The largest absolute Gasteiger partial charge is 0.392 e. The van der Waals surface area contributed by atoms with Gasteiger partial charge in [0.15, 0.2) is 0 Å². The van der Waals surface area contributed by atoms with Crippen LogP contribution in [0.1, 0.15) is 39.5 Å². The quantitative estimate of drug-likeness (QED) is 0.359. The number of hydrogen-bond donors (Lipinski definition) is 2. The molecule has 0 aliphatic carbocycles. The Morgan fingerprint density at radius 3 is 1.35 bits per heavy atom. The number of unbranched alkanes of at least 4 members (excludes halogenated alkanes) is 1. The minimum Gasteiger partial charge on any atom is -0.392 e. The number of carbonyl (C=O) groups is 4. The zero-order valence-corrected chi connectivity index (χ0v) is 11.6. The van der Waals surface area contributed by atoms with Gasteiger partial charge in [-0.25, -0.2) is 9.59 Å². The lowest BCUT2D eigenvalue weighted by Gasteiger charge is -2.06. The Morgan fingerprint density at radius 2 is 1.10 bits per heavy atom. The van der Waals surface area contributed by atoms with Gasteiger partial charge in [0.25, 0.3) is 0 Å². The molecule has 0 bridgehead atoms. The summed E-state index contributed by atoms with van der Waals surface area (Å²) >= 11 is 0. The van der Waals surface area contributed by atoms with E-state index in [0.29, 0.717) is 12.8 Å². The third-order valence-electron chi connectivity index (χ3n) is 2.18. The predicted octanol–water partition coefficient (Wildman–Crippen LogP) is -0.619. The normalized spacial score (nSPS) is 13.2. The average Bonchev–Trinajstić information content (AvgIpc) is 2.34. The van der Waals surface area contributed by atoms with Gasteiger partial charge in [0, 0.05) is 12.8 Å². The lowest BCUT2D eigenvalue weighted by molar-refractivity contribution is -0.162. The Morgan fingerprint density at radius 1 is 0.800 bits per heavy atom. The molecule has 0 rings (SSSR count). The number of hydrogen-bond acceptors (Lipinski definition) is 8. The monoisotopic (exact) mass is 288 g/mol. The van der Waals surface area contributed by atoms with Crippen molar-refractivity contribution in [3.63, 3.8) is 0 Å². The molecule has 114 valence electrons. The van der Waals surface area contributed by atoms with Gasteiger partial charge in [-0.3, -0.25) is 9.59 Å². The van der Waals surface area contributed by atoms with E-state index in [1.54, 1.807) is 0 Å². The second-order valence-corrected chi connectivity index (χ2v) is 4.37. The summed E-state index contributed by atoms with van der Waals surface area (Å²) in [5.74, 6) is -2.99. The molecular formula is C12H20N2O6. The molecule has 0 aromatic rings. The average molecular weight is 288 g/mol. The van der Waals surface area contributed by atoms with Crippen LogP contribution in [0.25, 0.3) is 0 Å². The van der Waals surface area contributed by atoms with Gasteiger partial charge in [-0.1, -0.05) is 0 Å². The predicted molar refractivity (Wildman–Crippen MR) is 68.0 cm³/mol. The van der Waals surface area contributed by atoms with E-state index in [0.717, 1.165) is 0 Å². The van der Waals surface area contributed by atoms with Crippen LogP contribution in [0.3, 0.4) is 0 Å². The summed E-state index contributed by atoms with van der Waals surface area (Å²) in [4.78, 5) is 44.3. The van der Waals surface area contributed by atoms with E-state index >= 15 is 0 Å². The van der Waals surface area contributed by atoms with E-state index in [2.05, 4.69) is 9.47 Å². The molecule has 0 aromatic carbocycles. The zero-order valence-electron chi connectivity index (χ0n) is 11.6. The summed E-state index contributed by atoms with van der Waals surface area (Å²) in [6.07, 6.45) is 0.610. The van der Waals surface area contributed by atoms with Crippen LogP contribution in [0, 0.1) is 0 Å². The van der Waals surface area contributed by atoms with Crippen molar-refractivity contribution in [1.82, 2.24) is 0 Å². The van der Waals surface area contributed by atoms with E-state index in [-0.39, 0.29) is 12.8 Å². The fraction of sp³-hybridized carbons (Fsp3) is 0.667. The van der Waals surface area contributed by atoms with Crippen LogP contribution in [0.15, 0.2) is 0 Å². The van der Waals surface area contributed by atoms with E-state index in [1.165, 1.54) is 13.8 Å². The van der Waals surface area contributed by atoms with Gasteiger partial charge in [0.05, 0.1) is 0 Å². The topological polar surface area (TPSA) is 139 Å². The second kappa shape index (κ2) is 9.16. The smallest absolute Gasteiger partial charge is 0.330 e. The molecule has 0 spiro atoms. The highest BCUT2D eigenvalue weighted by Gasteiger charge is 2.16. The Labute approximate surface area is 116 Å². The van der Waals surface area contributed by atoms with E-state index in [9.17, 15) is 19.2 Å². The molecule has 8 heteroatoms. The molecule has 4 N–H and O–H groups in total. The van der Waals surface area contributed by atoms with Gasteiger partial charge in [-0.2, -0.15) is 0 Å². The van der Waals surface area contributed by atoms with Gasteiger partial charge >= 0.3 is 23.9 Å². The highest BCUT2D eigenvalue weighted by Crippen LogP contribution is 2.04. The summed E-state index contributed by atoms with van der Waals surface area (Å²) in [6.45, 7) is 2.81. The fourth-order valence-electron chi connectivity index (χ4n) is 1.05. The molecule has 0 unspecified atom stereocenters. The van der Waals surface area contributed by atoms with Crippen LogP contribution in [0.5, 0.6) is 0 Å². The van der Waals surface area contributed by atoms with E-state index in [1.807, 2.05) is 0 Å². The lowest BCUT2D eigenvalue weighted by atomic mass is 10.2. The van der Waals surface area contributed by atoms with E-state index < -0.39 is 36.0 Å². The van der Waals surface area contributed by atoms with Crippen molar-refractivity contribution >= 4 is 23.9 Å². The van der Waals surface area contributed by atoms with Crippen LogP contribution in [-0.4, -0.2) is 36.0 Å². The lowest BCUT2D eigenvalue weighted by Crippen LogP contribution is -2.30. The van der Waals surface area contributed by atoms with Crippen LogP contribution < -0.4 is 11.5 Å². The summed E-state index contributed by atoms with van der Waals surface area (Å²) in [7, 11) is 0. The standard InChI is InChI=1S/C12H20N2O6/c1-7(13)11(17)19-9(15)5-3-4-6-10(16)20-12(18)8(2)14/h7-8H,3-6,13-14H2,1-2H3/t7-,8-/m0/s1. The Bertz CT molecular complexity index is 342. The summed E-state index contributed by atoms with van der Waals surface area (Å²) in [5, 5.41) is 0. The first-order chi connectivity index (χ1) is 9.23. The van der Waals surface area contributed by atoms with Crippen molar-refractivity contribution in [2.75, 3.05) is 0 Å². The van der Waals surface area contributed by atoms with Gasteiger partial charge in [0.1, 0.15) is 12.1 Å². The molecule has 0 aliphatic rings. The number of rotatable bonds is 7. The maximum atomic E-state index is 11.2. The molecule has 0 saturated carbocycles. The minimum absolute atomic E-state index is 0.0209. The second-order valence-electron chi connectivity index (χ2n) is 4.37. The van der Waals surface area contributed by atoms with Gasteiger partial charge in [-0.15, -0.1) is 0 Å². The van der Waals surface area contributed by atoms with Crippen LogP contribution in [-0.2, 0) is 28.7 Å². The number of carbonyl (C=O) groups excluding carboxylic acids is 4. The van der Waals surface area contributed by atoms with Crippen molar-refractivity contribution in [3.05, 3.63) is 0 Å². The van der Waals surface area contributed by atoms with Crippen molar-refractivity contribution in [2.24, 2.45) is 11.5 Å². The van der Waals surface area contributed by atoms with Crippen molar-refractivity contribution in [2.45, 2.75) is 51.6 Å². The van der Waals surface area contributed by atoms with Crippen molar-refractivity contribution in [1.29, 1.82) is 0 Å². The molecule has 0 saturated heterocycles. The number of esters is 4. The van der Waals surface area contributed by atoms with Gasteiger partial charge in [0.2, 0.25) is 0 Å². The Kier molecular flexibility index (Phi) is 8.33. The summed E-state index contributed by atoms with van der Waals surface area (Å²) in [5.41, 5.74) is 10.4. The number of ether oxygens (including phenoxy) is 2. The maximum Gasteiger partial charge on any atom is 0.330 e.